The molecule has 4 amide bonds. The van der Waals surface area contributed by atoms with Crippen LogP contribution in [0.3, 0.4) is 0 Å². The molecule has 2 aliphatic rings. The number of alkyl carbamates (subject to hydrolysis) is 2. The molecule has 2 aliphatic heterocycles. The summed E-state index contributed by atoms with van der Waals surface area (Å²) in [6, 6.07) is 11.0. The number of amides is 4. The minimum atomic E-state index is -0.844. The van der Waals surface area contributed by atoms with Gasteiger partial charge in [-0.3, -0.25) is 9.59 Å². The van der Waals surface area contributed by atoms with Crippen molar-refractivity contribution in [1.29, 1.82) is 0 Å². The highest BCUT2D eigenvalue weighted by Gasteiger charge is 2.40. The first-order valence-electron chi connectivity index (χ1n) is 19.7. The Hall–Kier alpha value is -6.32. The van der Waals surface area contributed by atoms with Gasteiger partial charge < -0.3 is 39.9 Å². The van der Waals surface area contributed by atoms with Crippen molar-refractivity contribution in [2.45, 2.75) is 71.1 Å². The third-order valence-corrected chi connectivity index (χ3v) is 11.2. The number of imidazole rings is 2. The van der Waals surface area contributed by atoms with Crippen molar-refractivity contribution in [3.05, 3.63) is 84.0 Å². The molecule has 0 aliphatic carbocycles. The zero-order chi connectivity index (χ0) is 42.3. The summed E-state index contributed by atoms with van der Waals surface area (Å²) in [7, 11) is 2.48. The number of aromatic nitrogens is 4. The molecule has 0 spiro atoms. The van der Waals surface area contributed by atoms with E-state index >= 15 is 8.78 Å². The van der Waals surface area contributed by atoms with Crippen molar-refractivity contribution in [1.82, 2.24) is 40.4 Å². The van der Waals surface area contributed by atoms with E-state index in [0.29, 0.717) is 70.9 Å². The van der Waals surface area contributed by atoms with Crippen molar-refractivity contribution in [2.24, 2.45) is 11.8 Å². The van der Waals surface area contributed by atoms with Crippen LogP contribution in [0.25, 0.3) is 44.3 Å². The molecule has 0 saturated carbocycles. The Bertz CT molecular complexity index is 2440. The van der Waals surface area contributed by atoms with E-state index in [-0.39, 0.29) is 34.7 Å². The molecule has 14 nitrogen and oxygen atoms in total. The molecular formula is C43H48F2N8O6. The molecule has 0 bridgehead atoms. The average Bonchev–Trinajstić information content (AvgIpc) is 4.03. The van der Waals surface area contributed by atoms with Crippen LogP contribution in [-0.4, -0.2) is 93.1 Å². The second-order valence-electron chi connectivity index (χ2n) is 15.8. The summed E-state index contributed by atoms with van der Waals surface area (Å²) in [5, 5.41) is 5.26. The van der Waals surface area contributed by atoms with E-state index in [9.17, 15) is 19.2 Å². The van der Waals surface area contributed by atoms with Crippen molar-refractivity contribution in [3.63, 3.8) is 0 Å². The van der Waals surface area contributed by atoms with Gasteiger partial charge in [-0.15, -0.1) is 0 Å². The number of nitrogens with one attached hydrogen (secondary N) is 4. The summed E-state index contributed by atoms with van der Waals surface area (Å²) in [6.45, 7) is 12.3. The number of H-pyrrole nitrogens is 2. The van der Waals surface area contributed by atoms with Crippen molar-refractivity contribution in [3.8, 4) is 22.3 Å². The first-order chi connectivity index (χ1) is 28.2. The fraction of sp³-hybridized carbons (Fsp3) is 0.395. The molecule has 3 aromatic carbocycles. The quantitative estimate of drug-likeness (QED) is 0.106. The number of rotatable bonds is 10. The number of hydrogen-bond donors (Lipinski definition) is 4. The normalized spacial score (nSPS) is 17.9. The Morgan fingerprint density at radius 2 is 1.20 bits per heavy atom. The number of halogens is 2. The van der Waals surface area contributed by atoms with Gasteiger partial charge >= 0.3 is 12.2 Å². The highest BCUT2D eigenvalue weighted by Crippen LogP contribution is 2.38. The molecule has 310 valence electrons. The smallest absolute Gasteiger partial charge is 0.407 e. The molecule has 4 heterocycles. The first-order valence-corrected chi connectivity index (χ1v) is 19.7. The van der Waals surface area contributed by atoms with Crippen LogP contribution in [0, 0.1) is 23.5 Å². The zero-order valence-corrected chi connectivity index (χ0v) is 33.8. The maximum Gasteiger partial charge on any atom is 0.407 e. The van der Waals surface area contributed by atoms with Crippen LogP contribution in [0.2, 0.25) is 0 Å². The van der Waals surface area contributed by atoms with Gasteiger partial charge in [0, 0.05) is 13.1 Å². The lowest BCUT2D eigenvalue weighted by molar-refractivity contribution is -0.136. The van der Waals surface area contributed by atoms with Gasteiger partial charge in [0.2, 0.25) is 11.8 Å². The number of fused-ring (bicyclic) bond motifs is 2. The van der Waals surface area contributed by atoms with Gasteiger partial charge in [0.25, 0.3) is 0 Å². The van der Waals surface area contributed by atoms with E-state index < -0.39 is 48.0 Å². The van der Waals surface area contributed by atoms with Crippen LogP contribution in [0.15, 0.2) is 60.7 Å². The third kappa shape index (κ3) is 7.95. The van der Waals surface area contributed by atoms with Crippen LogP contribution >= 0.6 is 0 Å². The fourth-order valence-electron chi connectivity index (χ4n) is 8.06. The molecule has 2 fully saturated rings. The first kappa shape index (κ1) is 40.9. The third-order valence-electron chi connectivity index (χ3n) is 11.2. The van der Waals surface area contributed by atoms with Gasteiger partial charge in [0.15, 0.2) is 11.6 Å². The highest BCUT2D eigenvalue weighted by atomic mass is 19.1. The van der Waals surface area contributed by atoms with Gasteiger partial charge in [-0.2, -0.15) is 0 Å². The van der Waals surface area contributed by atoms with Crippen LogP contribution < -0.4 is 10.6 Å². The van der Waals surface area contributed by atoms with Gasteiger partial charge in [0.1, 0.15) is 40.8 Å². The largest absolute Gasteiger partial charge is 0.453 e. The predicted octanol–water partition coefficient (Wildman–Crippen LogP) is 7.31. The molecular weight excluding hydrogens is 763 g/mol. The number of methoxy groups -OCH3 is 2. The maximum absolute atomic E-state index is 15.7. The second-order valence-corrected chi connectivity index (χ2v) is 15.8. The number of ether oxygens (including phenoxy) is 2. The summed E-state index contributed by atoms with van der Waals surface area (Å²) >= 11 is 0. The van der Waals surface area contributed by atoms with E-state index in [1.54, 1.807) is 21.9 Å². The standard InChI is InChI=1S/C43H48F2N8O6/c1-21(2)33(50-42(56)58-6)40(54)52-15-8-9-32(52)38-46-30-19-26(17-28(44)35(30)48-38)24-10-12-25(13-11-24)27-18-29(45)36-31(20-27)47-39(49-36)37-23(5)14-16-53(37)41(55)34(22(3)4)51-43(57)59-7/h10-13,17-22,32-34,37H,5,8-9,14-16H2,1-4,6-7H3,(H,46,48)(H,47,49)(H,50,56)(H,51,57). The van der Waals surface area contributed by atoms with Gasteiger partial charge in [-0.25, -0.2) is 28.3 Å². The van der Waals surface area contributed by atoms with Gasteiger partial charge in [-0.1, -0.05) is 58.5 Å². The Morgan fingerprint density at radius 3 is 1.69 bits per heavy atom. The lowest BCUT2D eigenvalue weighted by Gasteiger charge is -2.30. The van der Waals surface area contributed by atoms with Crippen molar-refractivity contribution >= 4 is 46.1 Å². The van der Waals surface area contributed by atoms with Crippen LogP contribution in [0.4, 0.5) is 18.4 Å². The highest BCUT2D eigenvalue weighted by molar-refractivity contribution is 5.89. The molecule has 59 heavy (non-hydrogen) atoms. The van der Waals surface area contributed by atoms with Gasteiger partial charge in [-0.05, 0) is 83.2 Å². The molecule has 5 aromatic rings. The van der Waals surface area contributed by atoms with E-state index in [2.05, 4.69) is 37.1 Å². The zero-order valence-electron chi connectivity index (χ0n) is 33.8. The summed E-state index contributed by atoms with van der Waals surface area (Å²) in [6.07, 6.45) is 0.461. The van der Waals surface area contributed by atoms with E-state index in [0.717, 1.165) is 12.0 Å². The molecule has 7 rings (SSSR count). The summed E-state index contributed by atoms with van der Waals surface area (Å²) in [5.74, 6) is -1.25. The lowest BCUT2D eigenvalue weighted by atomic mass is 9.99. The van der Waals surface area contributed by atoms with E-state index in [1.165, 1.54) is 26.4 Å². The lowest BCUT2D eigenvalue weighted by Crippen LogP contribution is -2.51. The minimum absolute atomic E-state index is 0.117. The molecule has 4 atom stereocenters. The minimum Gasteiger partial charge on any atom is -0.453 e. The van der Waals surface area contributed by atoms with Crippen molar-refractivity contribution in [2.75, 3.05) is 27.3 Å². The van der Waals surface area contributed by atoms with Crippen LogP contribution in [0.1, 0.15) is 70.7 Å². The summed E-state index contributed by atoms with van der Waals surface area (Å²) in [5.41, 5.74) is 4.50. The molecule has 2 aromatic heterocycles. The molecule has 2 saturated heterocycles. The Balaban J connectivity index is 1.12. The monoisotopic (exact) mass is 810 g/mol. The van der Waals surface area contributed by atoms with Crippen molar-refractivity contribution < 1.29 is 37.4 Å². The number of carbonyl (C=O) groups is 4. The molecule has 16 heteroatoms. The predicted molar refractivity (Wildman–Crippen MR) is 217 cm³/mol. The molecule has 0 radical (unpaired) electrons. The summed E-state index contributed by atoms with van der Waals surface area (Å²) in [4.78, 5) is 70.2. The Kier molecular flexibility index (Phi) is 11.4. The topological polar surface area (TPSA) is 175 Å². The number of nitrogens with zero attached hydrogens (tertiary/aromatic N) is 4. The van der Waals surface area contributed by atoms with Crippen LogP contribution in [0.5, 0.6) is 0 Å². The number of likely N-dealkylation sites (tertiary alicyclic amines) is 2. The fourth-order valence-corrected chi connectivity index (χ4v) is 8.06. The average molecular weight is 811 g/mol. The van der Waals surface area contributed by atoms with Crippen LogP contribution in [-0.2, 0) is 19.1 Å². The Labute approximate surface area is 339 Å². The van der Waals surface area contributed by atoms with E-state index in [1.807, 2.05) is 52.0 Å². The van der Waals surface area contributed by atoms with Gasteiger partial charge in [0.05, 0.1) is 31.3 Å². The Morgan fingerprint density at radius 1 is 0.729 bits per heavy atom. The van der Waals surface area contributed by atoms with E-state index in [4.69, 9.17) is 9.47 Å². The molecule has 4 unspecified atom stereocenters. The number of aromatic amines is 2. The summed E-state index contributed by atoms with van der Waals surface area (Å²) < 4.78 is 40.8. The maximum atomic E-state index is 15.7. The number of carbonyl (C=O) groups excluding carboxylic acids is 4. The number of benzene rings is 3. The second kappa shape index (κ2) is 16.5. The number of hydrogen-bond acceptors (Lipinski definition) is 8. The molecule has 4 N–H and O–H groups in total. The SMILES string of the molecule is C=C1CCN(C(=O)C(NC(=O)OC)C(C)C)C1c1nc2c(F)cc(-c3ccc(-c4cc(F)c5nc(C6CCCN6C(=O)C(NC(=O)OC)C(C)C)[nH]c5c4)cc3)cc2[nH]1.